The molecule has 0 atom stereocenters. The summed E-state index contributed by atoms with van der Waals surface area (Å²) in [6, 6.07) is 8.68. The largest absolute Gasteiger partial charge is 0.298 e. The maximum absolute atomic E-state index is 13.9. The monoisotopic (exact) mass is 463 g/mol. The fraction of sp³-hybridized carbons (Fsp3) is 0.238. The van der Waals surface area contributed by atoms with Crippen molar-refractivity contribution in [3.8, 4) is 11.3 Å². The summed E-state index contributed by atoms with van der Waals surface area (Å²) in [5.41, 5.74) is 0.320. The van der Waals surface area contributed by atoms with E-state index < -0.39 is 27.6 Å². The molecule has 1 saturated carbocycles. The third-order valence-electron chi connectivity index (χ3n) is 5.01. The van der Waals surface area contributed by atoms with Crippen LogP contribution in [0.1, 0.15) is 36.0 Å². The summed E-state index contributed by atoms with van der Waals surface area (Å²) < 4.78 is 55.3. The Morgan fingerprint density at radius 2 is 1.87 bits per heavy atom. The molecule has 0 spiro atoms. The maximum Gasteiger partial charge on any atom is 0.257 e. The molecule has 2 aromatic carbocycles. The minimum atomic E-state index is -3.73. The number of hydrogen-bond donors (Lipinski definition) is 2. The van der Waals surface area contributed by atoms with Crippen LogP contribution in [0.2, 0.25) is 0 Å². The summed E-state index contributed by atoms with van der Waals surface area (Å²) in [4.78, 5) is 16.8. The zero-order valence-electron chi connectivity index (χ0n) is 16.3. The van der Waals surface area contributed by atoms with Gasteiger partial charge >= 0.3 is 0 Å². The highest BCUT2D eigenvalue weighted by atomic mass is 32.2. The lowest BCUT2D eigenvalue weighted by Gasteiger charge is -2.13. The van der Waals surface area contributed by atoms with Crippen LogP contribution >= 0.6 is 11.3 Å². The Morgan fingerprint density at radius 1 is 1.10 bits per heavy atom. The summed E-state index contributed by atoms with van der Waals surface area (Å²) in [5, 5.41) is 4.25. The normalized spacial score (nSPS) is 14.6. The van der Waals surface area contributed by atoms with E-state index in [0.717, 1.165) is 55.2 Å². The number of sulfonamides is 1. The van der Waals surface area contributed by atoms with Crippen LogP contribution in [0.3, 0.4) is 0 Å². The zero-order valence-corrected chi connectivity index (χ0v) is 17.9. The summed E-state index contributed by atoms with van der Waals surface area (Å²) >= 11 is 1.05. The van der Waals surface area contributed by atoms with Crippen LogP contribution in [0.5, 0.6) is 0 Å². The van der Waals surface area contributed by atoms with Gasteiger partial charge in [0.1, 0.15) is 11.6 Å². The van der Waals surface area contributed by atoms with Gasteiger partial charge in [-0.1, -0.05) is 18.9 Å². The summed E-state index contributed by atoms with van der Waals surface area (Å²) in [6.07, 6.45) is 3.59. The van der Waals surface area contributed by atoms with E-state index >= 15 is 0 Å². The summed E-state index contributed by atoms with van der Waals surface area (Å²) in [7, 11) is -3.73. The molecule has 0 radical (unpaired) electrons. The fourth-order valence-electron chi connectivity index (χ4n) is 3.45. The van der Waals surface area contributed by atoms with Gasteiger partial charge in [0.25, 0.3) is 5.91 Å². The average Bonchev–Trinajstić information content (AvgIpc) is 3.42. The molecule has 1 aliphatic carbocycles. The predicted octanol–water partition coefficient (Wildman–Crippen LogP) is 4.56. The van der Waals surface area contributed by atoms with Crippen molar-refractivity contribution in [3.05, 3.63) is 65.0 Å². The van der Waals surface area contributed by atoms with Crippen molar-refractivity contribution in [3.63, 3.8) is 0 Å². The first-order valence-corrected chi connectivity index (χ1v) is 12.0. The topological polar surface area (TPSA) is 88.2 Å². The van der Waals surface area contributed by atoms with Crippen molar-refractivity contribution in [2.24, 2.45) is 0 Å². The van der Waals surface area contributed by atoms with E-state index in [-0.39, 0.29) is 32.9 Å². The van der Waals surface area contributed by atoms with E-state index in [1.807, 2.05) is 0 Å². The quantitative estimate of drug-likeness (QED) is 0.561. The van der Waals surface area contributed by atoms with E-state index in [1.165, 1.54) is 29.6 Å². The molecule has 1 aromatic heterocycles. The summed E-state index contributed by atoms with van der Waals surface area (Å²) in [6.45, 7) is 0. The van der Waals surface area contributed by atoms with Gasteiger partial charge in [0.05, 0.1) is 10.6 Å². The van der Waals surface area contributed by atoms with Gasteiger partial charge in [-0.3, -0.25) is 10.1 Å². The molecule has 2 N–H and O–H groups in total. The first kappa shape index (κ1) is 21.5. The SMILES string of the molecule is O=C(Nc1nc(-c2cc(F)ccc2F)cs1)c1cccc(S(=O)(=O)NC2CCCC2)c1. The van der Waals surface area contributed by atoms with Crippen LogP contribution in [-0.2, 0) is 10.0 Å². The van der Waals surface area contributed by atoms with Crippen molar-refractivity contribution >= 4 is 32.4 Å². The Kier molecular flexibility index (Phi) is 6.12. The van der Waals surface area contributed by atoms with Crippen molar-refractivity contribution < 1.29 is 22.0 Å². The van der Waals surface area contributed by atoms with Gasteiger partial charge in [-0.25, -0.2) is 26.9 Å². The van der Waals surface area contributed by atoms with Crippen LogP contribution in [0.15, 0.2) is 52.7 Å². The Labute approximate surface area is 182 Å². The average molecular weight is 464 g/mol. The second kappa shape index (κ2) is 8.81. The van der Waals surface area contributed by atoms with Gasteiger partial charge in [0.15, 0.2) is 5.13 Å². The number of halogens is 2. The molecule has 10 heteroatoms. The van der Waals surface area contributed by atoms with Crippen LogP contribution in [0.4, 0.5) is 13.9 Å². The molecule has 0 unspecified atom stereocenters. The third kappa shape index (κ3) is 4.97. The molecule has 1 aliphatic rings. The van der Waals surface area contributed by atoms with E-state index in [9.17, 15) is 22.0 Å². The van der Waals surface area contributed by atoms with E-state index in [0.29, 0.717) is 0 Å². The number of thiazole rings is 1. The highest BCUT2D eigenvalue weighted by molar-refractivity contribution is 7.89. The molecule has 0 aliphatic heterocycles. The highest BCUT2D eigenvalue weighted by Gasteiger charge is 2.23. The maximum atomic E-state index is 13.9. The van der Waals surface area contributed by atoms with E-state index in [4.69, 9.17) is 0 Å². The van der Waals surface area contributed by atoms with Crippen LogP contribution in [0.25, 0.3) is 11.3 Å². The van der Waals surface area contributed by atoms with Crippen molar-refractivity contribution in [2.45, 2.75) is 36.6 Å². The lowest BCUT2D eigenvalue weighted by molar-refractivity contribution is 0.102. The van der Waals surface area contributed by atoms with Crippen LogP contribution in [0, 0.1) is 11.6 Å². The number of benzene rings is 2. The fourth-order valence-corrected chi connectivity index (χ4v) is 5.51. The summed E-state index contributed by atoms with van der Waals surface area (Å²) in [5.74, 6) is -1.78. The zero-order chi connectivity index (χ0) is 22.0. The number of nitrogens with zero attached hydrogens (tertiary/aromatic N) is 1. The minimum absolute atomic E-state index is 0.00806. The van der Waals surface area contributed by atoms with Crippen LogP contribution < -0.4 is 10.0 Å². The molecule has 3 aromatic rings. The number of amides is 1. The van der Waals surface area contributed by atoms with Crippen LogP contribution in [-0.4, -0.2) is 25.4 Å². The van der Waals surface area contributed by atoms with Gasteiger partial charge in [-0.05, 0) is 49.2 Å². The van der Waals surface area contributed by atoms with Gasteiger partial charge in [0, 0.05) is 22.5 Å². The lowest BCUT2D eigenvalue weighted by atomic mass is 10.1. The Bertz CT molecular complexity index is 1220. The van der Waals surface area contributed by atoms with Crippen molar-refractivity contribution in [1.82, 2.24) is 9.71 Å². The number of rotatable bonds is 6. The number of aromatic nitrogens is 1. The van der Waals surface area contributed by atoms with Gasteiger partial charge in [-0.2, -0.15) is 0 Å². The molecular formula is C21H19F2N3O3S2. The Hall–Kier alpha value is -2.69. The first-order chi connectivity index (χ1) is 14.8. The number of carbonyl (C=O) groups is 1. The number of nitrogens with one attached hydrogen (secondary N) is 2. The molecule has 0 saturated heterocycles. The smallest absolute Gasteiger partial charge is 0.257 e. The number of carbonyl (C=O) groups excluding carboxylic acids is 1. The molecule has 1 amide bonds. The Balaban J connectivity index is 1.50. The predicted molar refractivity (Wildman–Crippen MR) is 114 cm³/mol. The third-order valence-corrected chi connectivity index (χ3v) is 7.29. The van der Waals surface area contributed by atoms with Gasteiger partial charge in [-0.15, -0.1) is 11.3 Å². The molecule has 0 bridgehead atoms. The van der Waals surface area contributed by atoms with E-state index in [2.05, 4.69) is 15.0 Å². The first-order valence-electron chi connectivity index (χ1n) is 9.66. The molecule has 6 nitrogen and oxygen atoms in total. The molecule has 1 heterocycles. The molecule has 4 rings (SSSR count). The van der Waals surface area contributed by atoms with Gasteiger partial charge < -0.3 is 0 Å². The van der Waals surface area contributed by atoms with E-state index in [1.54, 1.807) is 0 Å². The Morgan fingerprint density at radius 3 is 2.65 bits per heavy atom. The molecular weight excluding hydrogens is 444 g/mol. The number of anilines is 1. The highest BCUT2D eigenvalue weighted by Crippen LogP contribution is 2.28. The minimum Gasteiger partial charge on any atom is -0.298 e. The van der Waals surface area contributed by atoms with Gasteiger partial charge in [0.2, 0.25) is 10.0 Å². The number of hydrogen-bond acceptors (Lipinski definition) is 5. The molecule has 162 valence electrons. The van der Waals surface area contributed by atoms with Crippen molar-refractivity contribution in [1.29, 1.82) is 0 Å². The molecule has 31 heavy (non-hydrogen) atoms. The van der Waals surface area contributed by atoms with Crippen molar-refractivity contribution in [2.75, 3.05) is 5.32 Å². The second-order valence-electron chi connectivity index (χ2n) is 7.25. The standard InChI is InChI=1S/C21H19F2N3O3S2/c22-14-8-9-18(23)17(11-14)19-12-30-21(24-19)25-20(27)13-4-3-7-16(10-13)31(28,29)26-15-5-1-2-6-15/h3-4,7-12,15,26H,1-2,5-6H2,(H,24,25,27). The second-order valence-corrected chi connectivity index (χ2v) is 9.82. The molecule has 1 fully saturated rings. The lowest BCUT2D eigenvalue weighted by Crippen LogP contribution is -2.32.